The lowest BCUT2D eigenvalue weighted by Crippen LogP contribution is -2.22. The van der Waals surface area contributed by atoms with E-state index >= 15 is 0 Å². The van der Waals surface area contributed by atoms with Crippen LogP contribution in [-0.4, -0.2) is 33.0 Å². The molecular formula is C28H24O9. The van der Waals surface area contributed by atoms with Gasteiger partial charge < -0.3 is 34.3 Å². The third kappa shape index (κ3) is 4.29. The largest absolute Gasteiger partial charge is 0.507 e. The van der Waals surface area contributed by atoms with Gasteiger partial charge in [-0.05, 0) is 41.8 Å². The Morgan fingerprint density at radius 1 is 0.973 bits per heavy atom. The molecule has 9 nitrogen and oxygen atoms in total. The number of phenols is 3. The average molecular weight is 504 g/mol. The van der Waals surface area contributed by atoms with Crippen LogP contribution in [0.5, 0.6) is 34.5 Å². The number of hydrogen-bond donors (Lipinski definition) is 4. The zero-order valence-electron chi connectivity index (χ0n) is 20.0. The van der Waals surface area contributed by atoms with Crippen LogP contribution in [-0.2, 0) is 4.79 Å². The van der Waals surface area contributed by atoms with Crippen LogP contribution >= 0.6 is 0 Å². The van der Waals surface area contributed by atoms with Crippen LogP contribution in [0, 0.1) is 5.92 Å². The van der Waals surface area contributed by atoms with Gasteiger partial charge in [-0.2, -0.15) is 0 Å². The highest BCUT2D eigenvalue weighted by atomic mass is 16.5. The fourth-order valence-electron chi connectivity index (χ4n) is 4.41. The first-order chi connectivity index (χ1) is 17.6. The van der Waals surface area contributed by atoms with Crippen LogP contribution in [0.4, 0.5) is 0 Å². The molecule has 0 bridgehead atoms. The summed E-state index contributed by atoms with van der Waals surface area (Å²) in [5.41, 5.74) is 0.165. The number of aromatic hydroxyl groups is 4. The van der Waals surface area contributed by atoms with Crippen LogP contribution in [0.3, 0.4) is 0 Å². The molecule has 1 unspecified atom stereocenters. The molecule has 1 aliphatic rings. The maximum absolute atomic E-state index is 13.2. The molecule has 4 aromatic rings. The van der Waals surface area contributed by atoms with E-state index in [1.54, 1.807) is 18.2 Å². The van der Waals surface area contributed by atoms with Crippen molar-refractivity contribution in [3.05, 3.63) is 69.9 Å². The summed E-state index contributed by atoms with van der Waals surface area (Å²) in [7, 11) is 0. The topological polar surface area (TPSA) is 147 Å². The van der Waals surface area contributed by atoms with Crippen LogP contribution in [0.2, 0.25) is 0 Å². The number of rotatable bonds is 5. The van der Waals surface area contributed by atoms with E-state index in [-0.39, 0.29) is 34.5 Å². The average Bonchev–Trinajstić information content (AvgIpc) is 2.85. The lowest BCUT2D eigenvalue weighted by atomic mass is 9.85. The minimum Gasteiger partial charge on any atom is -0.507 e. The van der Waals surface area contributed by atoms with Crippen LogP contribution in [0.25, 0.3) is 22.3 Å². The summed E-state index contributed by atoms with van der Waals surface area (Å²) in [6.45, 7) is 4.55. The Morgan fingerprint density at radius 2 is 1.76 bits per heavy atom. The maximum Gasteiger partial charge on any atom is 0.312 e. The molecule has 9 heteroatoms. The van der Waals surface area contributed by atoms with Gasteiger partial charge in [0.25, 0.3) is 0 Å². The van der Waals surface area contributed by atoms with Gasteiger partial charge in [0.1, 0.15) is 28.2 Å². The molecule has 0 amide bonds. The van der Waals surface area contributed by atoms with Gasteiger partial charge in [-0.25, -0.2) is 0 Å². The van der Waals surface area contributed by atoms with E-state index in [4.69, 9.17) is 13.9 Å². The quantitative estimate of drug-likeness (QED) is 0.172. The monoisotopic (exact) mass is 504 g/mol. The molecule has 1 aromatic heterocycles. The van der Waals surface area contributed by atoms with Crippen molar-refractivity contribution >= 4 is 16.9 Å². The van der Waals surface area contributed by atoms with Crippen molar-refractivity contribution in [3.63, 3.8) is 0 Å². The number of phenolic OH excluding ortho intramolecular Hbond substituents is 3. The predicted octanol–water partition coefficient (Wildman–Crippen LogP) is 4.76. The van der Waals surface area contributed by atoms with E-state index in [1.807, 2.05) is 19.9 Å². The van der Waals surface area contributed by atoms with Gasteiger partial charge in [0, 0.05) is 23.1 Å². The lowest BCUT2D eigenvalue weighted by molar-refractivity contribution is -0.135. The molecule has 0 spiro atoms. The number of carbonyl (C=O) groups excluding carboxylic acids is 1. The fraction of sp³-hybridized carbons (Fsp3) is 0.214. The Bertz CT molecular complexity index is 1600. The molecule has 4 N–H and O–H groups in total. The molecule has 0 aliphatic carbocycles. The van der Waals surface area contributed by atoms with E-state index < -0.39 is 40.3 Å². The van der Waals surface area contributed by atoms with Gasteiger partial charge >= 0.3 is 5.97 Å². The predicted molar refractivity (Wildman–Crippen MR) is 133 cm³/mol. The molecule has 2 heterocycles. The van der Waals surface area contributed by atoms with E-state index in [1.165, 1.54) is 12.1 Å². The summed E-state index contributed by atoms with van der Waals surface area (Å²) in [5, 5.41) is 40.6. The highest BCUT2D eigenvalue weighted by Gasteiger charge is 2.34. The highest BCUT2D eigenvalue weighted by Crippen LogP contribution is 2.47. The van der Waals surface area contributed by atoms with Gasteiger partial charge in [0.2, 0.25) is 11.2 Å². The Kier molecular flexibility index (Phi) is 5.91. The molecule has 5 rings (SSSR count). The van der Waals surface area contributed by atoms with Gasteiger partial charge in [-0.3, -0.25) is 9.59 Å². The second kappa shape index (κ2) is 9.09. The van der Waals surface area contributed by atoms with Gasteiger partial charge in [-0.15, -0.1) is 0 Å². The van der Waals surface area contributed by atoms with E-state index in [0.717, 1.165) is 12.1 Å². The zero-order valence-corrected chi connectivity index (χ0v) is 20.0. The summed E-state index contributed by atoms with van der Waals surface area (Å²) in [5.74, 6) is -2.70. The number of benzene rings is 3. The van der Waals surface area contributed by atoms with Crippen molar-refractivity contribution in [1.82, 2.24) is 0 Å². The molecule has 1 aliphatic heterocycles. The third-order valence-electron chi connectivity index (χ3n) is 6.15. The Balaban J connectivity index is 1.75. The smallest absolute Gasteiger partial charge is 0.312 e. The van der Waals surface area contributed by atoms with Crippen LogP contribution in [0.15, 0.2) is 57.7 Å². The third-order valence-corrected chi connectivity index (χ3v) is 6.15. The van der Waals surface area contributed by atoms with Gasteiger partial charge in [0.15, 0.2) is 17.3 Å². The first-order valence-corrected chi connectivity index (χ1v) is 11.7. The number of fused-ring (bicyclic) bond motifs is 3. The first-order valence-electron chi connectivity index (χ1n) is 11.7. The molecule has 3 aromatic carbocycles. The second-order valence-corrected chi connectivity index (χ2v) is 9.33. The zero-order chi connectivity index (χ0) is 26.4. The normalized spacial score (nSPS) is 15.0. The fourth-order valence-corrected chi connectivity index (χ4v) is 4.41. The molecule has 0 fully saturated rings. The number of esters is 1. The molecule has 0 saturated carbocycles. The Hall–Kier alpha value is -4.66. The van der Waals surface area contributed by atoms with Crippen LogP contribution < -0.4 is 14.9 Å². The van der Waals surface area contributed by atoms with E-state index in [0.29, 0.717) is 29.4 Å². The number of carbonyl (C=O) groups is 1. The molecular weight excluding hydrogens is 480 g/mol. The van der Waals surface area contributed by atoms with Crippen molar-refractivity contribution in [2.75, 3.05) is 6.61 Å². The van der Waals surface area contributed by atoms with Crippen molar-refractivity contribution in [1.29, 1.82) is 0 Å². The van der Waals surface area contributed by atoms with E-state index in [2.05, 4.69) is 0 Å². The molecule has 37 heavy (non-hydrogen) atoms. The Labute approximate surface area is 210 Å². The minimum atomic E-state index is -0.909. The summed E-state index contributed by atoms with van der Waals surface area (Å²) in [6.07, 6.45) is -0.0690. The SMILES string of the molecule is CC(C)COc1cccc(C2CC(=O)Oc3cc(O)c4c(=O)c(O)c(-c5ccc(O)c(O)c5)oc4c32)c1. The maximum atomic E-state index is 13.2. The highest BCUT2D eigenvalue weighted by molar-refractivity contribution is 5.94. The summed E-state index contributed by atoms with van der Waals surface area (Å²) < 4.78 is 17.3. The van der Waals surface area contributed by atoms with Crippen molar-refractivity contribution < 1.29 is 39.1 Å². The lowest BCUT2D eigenvalue weighted by Gasteiger charge is -2.26. The summed E-state index contributed by atoms with van der Waals surface area (Å²) >= 11 is 0. The van der Waals surface area contributed by atoms with Gasteiger partial charge in [0.05, 0.1) is 13.0 Å². The van der Waals surface area contributed by atoms with E-state index in [9.17, 15) is 30.0 Å². The molecule has 1 atom stereocenters. The Morgan fingerprint density at radius 3 is 2.49 bits per heavy atom. The second-order valence-electron chi connectivity index (χ2n) is 9.33. The number of ether oxygens (including phenoxy) is 2. The molecule has 0 saturated heterocycles. The van der Waals surface area contributed by atoms with Crippen molar-refractivity contribution in [2.45, 2.75) is 26.2 Å². The first kappa shape index (κ1) is 24.1. The molecule has 0 radical (unpaired) electrons. The van der Waals surface area contributed by atoms with Crippen molar-refractivity contribution in [3.8, 4) is 45.8 Å². The van der Waals surface area contributed by atoms with Crippen molar-refractivity contribution in [2.24, 2.45) is 5.92 Å². The molecule has 190 valence electrons. The summed E-state index contributed by atoms with van der Waals surface area (Å²) in [4.78, 5) is 25.7. The summed E-state index contributed by atoms with van der Waals surface area (Å²) in [6, 6.07) is 12.0. The standard InChI is InChI=1S/C28H24O9/c1-13(2)12-35-16-5-3-4-14(8-16)17-10-22(32)36-21-11-20(31)24-25(33)26(34)27(37-28(24)23(17)21)15-6-7-18(29)19(30)9-15/h3-9,11,13,17,29-31,34H,10,12H2,1-2H3. The minimum absolute atomic E-state index is 0.0214. The number of hydrogen-bond acceptors (Lipinski definition) is 9. The van der Waals surface area contributed by atoms with Crippen LogP contribution in [0.1, 0.15) is 37.3 Å². The van der Waals surface area contributed by atoms with Gasteiger partial charge in [-0.1, -0.05) is 26.0 Å².